The van der Waals surface area contributed by atoms with Gasteiger partial charge in [0.15, 0.2) is 0 Å². The van der Waals surface area contributed by atoms with Crippen molar-refractivity contribution in [1.29, 1.82) is 0 Å². The summed E-state index contributed by atoms with van der Waals surface area (Å²) in [5.74, 6) is 0. The lowest BCUT2D eigenvalue weighted by Gasteiger charge is -2.05. The second-order valence-electron chi connectivity index (χ2n) is 4.20. The Morgan fingerprint density at radius 3 is 2.95 bits per heavy atom. The number of nitrogens with zero attached hydrogens (tertiary/aromatic N) is 2. The Morgan fingerprint density at radius 2 is 2.20 bits per heavy atom. The molecule has 1 aromatic carbocycles. The van der Waals surface area contributed by atoms with Crippen LogP contribution in [-0.4, -0.2) is 13.3 Å². The summed E-state index contributed by atoms with van der Waals surface area (Å²) in [4.78, 5) is 9.74. The molecule has 0 unspecified atom stereocenters. The van der Waals surface area contributed by atoms with Crippen molar-refractivity contribution in [3.63, 3.8) is 0 Å². The van der Waals surface area contributed by atoms with E-state index in [0.29, 0.717) is 0 Å². The fourth-order valence-electron chi connectivity index (χ4n) is 1.92. The third-order valence-corrected chi connectivity index (χ3v) is 3.71. The van der Waals surface area contributed by atoms with Gasteiger partial charge in [-0.2, -0.15) is 0 Å². The van der Waals surface area contributed by atoms with Crippen LogP contribution in [-0.2, 0) is 0 Å². The first-order chi connectivity index (χ1) is 9.74. The molecule has 0 N–H and O–H groups in total. The van der Waals surface area contributed by atoms with Crippen LogP contribution >= 0.6 is 11.8 Å². The van der Waals surface area contributed by atoms with E-state index >= 15 is 0 Å². The quantitative estimate of drug-likeness (QED) is 0.604. The van der Waals surface area contributed by atoms with Gasteiger partial charge in [0.05, 0.1) is 10.4 Å². The Labute approximate surface area is 123 Å². The fourth-order valence-corrected chi connectivity index (χ4v) is 2.73. The molecule has 2 rings (SSSR count). The van der Waals surface area contributed by atoms with E-state index < -0.39 is 0 Å². The Morgan fingerprint density at radius 1 is 1.40 bits per heavy atom. The molecule has 0 spiro atoms. The largest absolute Gasteiger partial charge is 0.296 e. The van der Waals surface area contributed by atoms with Crippen LogP contribution in [0.25, 0.3) is 6.08 Å². The summed E-state index contributed by atoms with van der Waals surface area (Å²) in [7, 11) is 1.77. The van der Waals surface area contributed by atoms with E-state index in [1.54, 1.807) is 7.05 Å². The maximum absolute atomic E-state index is 4.58. The normalized spacial score (nSPS) is 20.6. The van der Waals surface area contributed by atoms with E-state index in [2.05, 4.69) is 41.0 Å². The Hall–Kier alpha value is -2.09. The molecule has 1 aliphatic heterocycles. The zero-order valence-electron chi connectivity index (χ0n) is 11.5. The smallest absolute Gasteiger partial charge is 0.0943 e. The minimum atomic E-state index is 0.747. The van der Waals surface area contributed by atoms with Crippen LogP contribution in [0.3, 0.4) is 0 Å². The van der Waals surface area contributed by atoms with Crippen molar-refractivity contribution >= 4 is 24.1 Å². The van der Waals surface area contributed by atoms with Crippen LogP contribution in [0.15, 0.2) is 74.7 Å². The van der Waals surface area contributed by atoms with Gasteiger partial charge in [0.25, 0.3) is 0 Å². The predicted octanol–water partition coefficient (Wildman–Crippen LogP) is 2.99. The zero-order valence-corrected chi connectivity index (χ0v) is 12.3. The lowest BCUT2D eigenvalue weighted by atomic mass is 10.1. The van der Waals surface area contributed by atoms with Gasteiger partial charge >= 0.3 is 0 Å². The molecule has 100 valence electrons. The average molecular weight is 280 g/mol. The second kappa shape index (κ2) is 6.90. The molecular formula is C17H16N2S. The third-order valence-electron chi connectivity index (χ3n) is 2.79. The van der Waals surface area contributed by atoms with Crippen LogP contribution in [0.4, 0.5) is 0 Å². The highest BCUT2D eigenvalue weighted by molar-refractivity contribution is 8.06. The molecule has 0 bridgehead atoms. The first-order valence-electron chi connectivity index (χ1n) is 6.26. The number of rotatable bonds is 2. The monoisotopic (exact) mass is 280 g/mol. The van der Waals surface area contributed by atoms with E-state index in [4.69, 9.17) is 0 Å². The first kappa shape index (κ1) is 14.3. The molecule has 0 aliphatic carbocycles. The number of hydrogen-bond acceptors (Lipinski definition) is 3. The van der Waals surface area contributed by atoms with Gasteiger partial charge in [-0.15, -0.1) is 5.73 Å². The molecule has 0 radical (unpaired) electrons. The van der Waals surface area contributed by atoms with Crippen molar-refractivity contribution < 1.29 is 0 Å². The lowest BCUT2D eigenvalue weighted by Crippen LogP contribution is -2.23. The fraction of sp³-hybridized carbons (Fsp3) is 0.118. The summed E-state index contributed by atoms with van der Waals surface area (Å²) in [6.07, 6.45) is 6.67. The van der Waals surface area contributed by atoms with E-state index in [9.17, 15) is 0 Å². The topological polar surface area (TPSA) is 24.7 Å². The predicted molar refractivity (Wildman–Crippen MR) is 88.2 cm³/mol. The Kier molecular flexibility index (Phi) is 4.94. The molecule has 2 nitrogen and oxygen atoms in total. The number of fused-ring (bicyclic) bond motifs is 1. The molecular weight excluding hydrogens is 264 g/mol. The van der Waals surface area contributed by atoms with Gasteiger partial charge in [0.2, 0.25) is 0 Å². The molecule has 0 atom stereocenters. The maximum atomic E-state index is 4.58. The van der Waals surface area contributed by atoms with Crippen LogP contribution in [0.1, 0.15) is 6.42 Å². The van der Waals surface area contributed by atoms with Crippen LogP contribution < -0.4 is 10.6 Å². The number of benzene rings is 1. The second-order valence-corrected chi connectivity index (χ2v) is 5.32. The summed E-state index contributed by atoms with van der Waals surface area (Å²) in [5, 5.41) is 2.80. The first-order valence-corrected chi connectivity index (χ1v) is 7.08. The molecule has 0 aromatic heterocycles. The summed E-state index contributed by atoms with van der Waals surface area (Å²) < 4.78 is 0. The Bertz CT molecular complexity index is 747. The van der Waals surface area contributed by atoms with Gasteiger partial charge in [-0.3, -0.25) is 4.99 Å². The molecule has 1 heterocycles. The maximum Gasteiger partial charge on any atom is 0.0943 e. The Balaban J connectivity index is 2.64. The summed E-state index contributed by atoms with van der Waals surface area (Å²) in [5.41, 5.74) is 3.94. The van der Waals surface area contributed by atoms with Crippen molar-refractivity contribution in [3.8, 4) is 0 Å². The van der Waals surface area contributed by atoms with Crippen molar-refractivity contribution in [2.24, 2.45) is 9.98 Å². The lowest BCUT2D eigenvalue weighted by molar-refractivity contribution is 1.28. The van der Waals surface area contributed by atoms with Gasteiger partial charge in [-0.1, -0.05) is 49.2 Å². The molecule has 3 heteroatoms. The molecule has 0 fully saturated rings. The van der Waals surface area contributed by atoms with Crippen LogP contribution in [0, 0.1) is 0 Å². The average Bonchev–Trinajstić information content (AvgIpc) is 2.49. The van der Waals surface area contributed by atoms with Crippen molar-refractivity contribution in [3.05, 3.63) is 75.3 Å². The van der Waals surface area contributed by atoms with E-state index in [0.717, 1.165) is 32.5 Å². The highest BCUT2D eigenvalue weighted by atomic mass is 32.2. The zero-order chi connectivity index (χ0) is 14.4. The number of thioether (sulfide) groups is 1. The van der Waals surface area contributed by atoms with Crippen LogP contribution in [0.5, 0.6) is 0 Å². The van der Waals surface area contributed by atoms with Crippen molar-refractivity contribution in [1.82, 2.24) is 0 Å². The number of hydrogen-bond donors (Lipinski definition) is 0. The molecule has 0 saturated heterocycles. The summed E-state index contributed by atoms with van der Waals surface area (Å²) in [6, 6.07) is 8.06. The summed E-state index contributed by atoms with van der Waals surface area (Å²) >= 11 is 1.52. The molecule has 1 aliphatic rings. The van der Waals surface area contributed by atoms with Gasteiger partial charge < -0.3 is 0 Å². The number of para-hydroxylation sites is 1. The standard InChI is InChI=1S/C17H16N2S/c1-4-7-17-15(12-18-3)11-10-14-8-5-6-9-16(14)19-13(2)20-17/h5-10,12H,1-2,11H2,3H3/b14-10-,17-15+,18-12?,19-16?. The molecule has 0 saturated carbocycles. The minimum absolute atomic E-state index is 0.747. The highest BCUT2D eigenvalue weighted by Gasteiger charge is 2.06. The van der Waals surface area contributed by atoms with Gasteiger partial charge in [-0.05, 0) is 29.4 Å². The molecule has 1 aromatic rings. The molecule has 20 heavy (non-hydrogen) atoms. The van der Waals surface area contributed by atoms with Crippen molar-refractivity contribution in [2.45, 2.75) is 6.42 Å². The third kappa shape index (κ3) is 3.47. The van der Waals surface area contributed by atoms with Gasteiger partial charge in [0.1, 0.15) is 0 Å². The number of allylic oxidation sites excluding steroid dienone is 2. The van der Waals surface area contributed by atoms with Gasteiger partial charge in [-0.25, -0.2) is 4.99 Å². The van der Waals surface area contributed by atoms with Crippen LogP contribution in [0.2, 0.25) is 0 Å². The van der Waals surface area contributed by atoms with E-state index in [-0.39, 0.29) is 0 Å². The van der Waals surface area contributed by atoms with Gasteiger partial charge in [0, 0.05) is 18.2 Å². The minimum Gasteiger partial charge on any atom is -0.296 e. The van der Waals surface area contributed by atoms with E-state index in [1.165, 1.54) is 11.8 Å². The van der Waals surface area contributed by atoms with Crippen molar-refractivity contribution in [2.75, 3.05) is 7.05 Å². The molecule has 0 amide bonds. The highest BCUT2D eigenvalue weighted by Crippen LogP contribution is 2.29. The van der Waals surface area contributed by atoms with E-state index in [1.807, 2.05) is 30.5 Å². The SMILES string of the molecule is C=C=C/C1=C(\C=NC)C/C=c2/ccccc2=NC(=C)S1. The summed E-state index contributed by atoms with van der Waals surface area (Å²) in [6.45, 7) is 7.67. The number of aliphatic imine (C=N–C) groups is 1.